The number of hydrogen-bond donors (Lipinski definition) is 2. The van der Waals surface area contributed by atoms with Crippen LogP contribution in [0.4, 0.5) is 0 Å². The van der Waals surface area contributed by atoms with Gasteiger partial charge in [0.2, 0.25) is 5.91 Å². The number of benzene rings is 1. The minimum absolute atomic E-state index is 0.248. The quantitative estimate of drug-likeness (QED) is 0.826. The zero-order valence-corrected chi connectivity index (χ0v) is 14.7. The third kappa shape index (κ3) is 3.83. The Hall–Kier alpha value is -1.35. The van der Waals surface area contributed by atoms with Gasteiger partial charge in [0.25, 0.3) is 0 Å². The number of amides is 1. The highest BCUT2D eigenvalue weighted by atomic mass is 16.1. The number of carbonyl (C=O) groups excluding carboxylic acids is 1. The van der Waals surface area contributed by atoms with Crippen LogP contribution in [0.5, 0.6) is 0 Å². The van der Waals surface area contributed by atoms with Crippen LogP contribution in [-0.4, -0.2) is 19.0 Å². The molecule has 3 aliphatic rings. The first-order valence-corrected chi connectivity index (χ1v) is 9.94. The summed E-state index contributed by atoms with van der Waals surface area (Å²) in [6.45, 7) is 4.47. The zero-order chi connectivity index (χ0) is 16.4. The SMILES string of the molecule is O=C(C[C@@H]1C[C@@H]2CC[C@@H]1C2)NCc1ccc(C[NH+]2CCCC2)cc1. The minimum Gasteiger partial charge on any atom is -0.352 e. The van der Waals surface area contributed by atoms with E-state index in [1.54, 1.807) is 4.90 Å². The van der Waals surface area contributed by atoms with E-state index in [1.807, 2.05) is 0 Å². The van der Waals surface area contributed by atoms with Crippen LogP contribution >= 0.6 is 0 Å². The minimum atomic E-state index is 0.248. The molecule has 2 aliphatic carbocycles. The molecule has 24 heavy (non-hydrogen) atoms. The summed E-state index contributed by atoms with van der Waals surface area (Å²) >= 11 is 0. The first kappa shape index (κ1) is 16.1. The Balaban J connectivity index is 1.21. The number of nitrogens with one attached hydrogen (secondary N) is 2. The third-order valence-electron chi connectivity index (χ3n) is 6.61. The van der Waals surface area contributed by atoms with Gasteiger partial charge < -0.3 is 10.2 Å². The van der Waals surface area contributed by atoms with Crippen molar-refractivity contribution in [2.24, 2.45) is 17.8 Å². The van der Waals surface area contributed by atoms with E-state index in [4.69, 9.17) is 0 Å². The molecule has 0 aromatic heterocycles. The first-order valence-electron chi connectivity index (χ1n) is 9.94. The average Bonchev–Trinajstić information content (AvgIpc) is 3.32. The monoisotopic (exact) mass is 327 g/mol. The van der Waals surface area contributed by atoms with Crippen molar-refractivity contribution in [1.29, 1.82) is 0 Å². The van der Waals surface area contributed by atoms with Gasteiger partial charge in [0, 0.05) is 31.4 Å². The molecule has 1 amide bonds. The molecule has 3 heteroatoms. The maximum Gasteiger partial charge on any atom is 0.220 e. The van der Waals surface area contributed by atoms with E-state index in [9.17, 15) is 4.79 Å². The first-order chi connectivity index (χ1) is 11.8. The summed E-state index contributed by atoms with van der Waals surface area (Å²) in [5.41, 5.74) is 2.64. The molecule has 2 N–H and O–H groups in total. The molecule has 1 heterocycles. The third-order valence-corrected chi connectivity index (χ3v) is 6.61. The maximum atomic E-state index is 12.2. The lowest BCUT2D eigenvalue weighted by atomic mass is 9.86. The normalized spacial score (nSPS) is 29.2. The standard InChI is InChI=1S/C21H30N2O/c24-21(13-20-12-18-7-8-19(20)11-18)22-14-16-3-5-17(6-4-16)15-23-9-1-2-10-23/h3-6,18-20H,1-2,7-15H2,(H,22,24)/p+1/t18-,19-,20+/m1/s1. The molecule has 1 aliphatic heterocycles. The van der Waals surface area contributed by atoms with Crippen LogP contribution in [0.25, 0.3) is 0 Å². The number of likely N-dealkylation sites (tertiary alicyclic amines) is 1. The van der Waals surface area contributed by atoms with Crippen molar-refractivity contribution >= 4 is 5.91 Å². The Morgan fingerprint density at radius 2 is 1.79 bits per heavy atom. The zero-order valence-electron chi connectivity index (χ0n) is 14.7. The Morgan fingerprint density at radius 1 is 1.04 bits per heavy atom. The van der Waals surface area contributed by atoms with Crippen LogP contribution in [0.1, 0.15) is 56.1 Å². The highest BCUT2D eigenvalue weighted by Crippen LogP contribution is 2.49. The predicted molar refractivity (Wildman–Crippen MR) is 95.5 cm³/mol. The summed E-state index contributed by atoms with van der Waals surface area (Å²) < 4.78 is 0. The molecule has 1 aromatic carbocycles. The van der Waals surface area contributed by atoms with E-state index in [0.717, 1.165) is 24.8 Å². The second kappa shape index (κ2) is 7.26. The Morgan fingerprint density at radius 3 is 2.46 bits per heavy atom. The van der Waals surface area contributed by atoms with Gasteiger partial charge in [-0.15, -0.1) is 0 Å². The lowest BCUT2D eigenvalue weighted by Crippen LogP contribution is -3.08. The fraction of sp³-hybridized carbons (Fsp3) is 0.667. The van der Waals surface area contributed by atoms with Gasteiger partial charge in [0.15, 0.2) is 0 Å². The highest BCUT2D eigenvalue weighted by molar-refractivity contribution is 5.76. The molecule has 0 radical (unpaired) electrons. The van der Waals surface area contributed by atoms with Crippen LogP contribution in [0, 0.1) is 17.8 Å². The molecule has 0 spiro atoms. The van der Waals surface area contributed by atoms with Gasteiger partial charge in [-0.1, -0.05) is 30.7 Å². The number of quaternary nitrogens is 1. The smallest absolute Gasteiger partial charge is 0.220 e. The molecule has 3 nitrogen and oxygen atoms in total. The molecule has 0 unspecified atom stereocenters. The van der Waals surface area contributed by atoms with Gasteiger partial charge in [-0.2, -0.15) is 0 Å². The van der Waals surface area contributed by atoms with E-state index in [2.05, 4.69) is 29.6 Å². The molecule has 130 valence electrons. The molecule has 3 fully saturated rings. The number of hydrogen-bond acceptors (Lipinski definition) is 1. The van der Waals surface area contributed by atoms with E-state index < -0.39 is 0 Å². The number of fused-ring (bicyclic) bond motifs is 2. The lowest BCUT2D eigenvalue weighted by molar-refractivity contribution is -0.901. The summed E-state index contributed by atoms with van der Waals surface area (Å²) in [5, 5.41) is 3.13. The van der Waals surface area contributed by atoms with E-state index >= 15 is 0 Å². The van der Waals surface area contributed by atoms with Crippen LogP contribution in [0.3, 0.4) is 0 Å². The van der Waals surface area contributed by atoms with Crippen molar-refractivity contribution < 1.29 is 9.69 Å². The van der Waals surface area contributed by atoms with Gasteiger partial charge in [-0.05, 0) is 42.6 Å². The Bertz CT molecular complexity index is 562. The summed E-state index contributed by atoms with van der Waals surface area (Å²) in [4.78, 5) is 13.9. The van der Waals surface area contributed by atoms with Gasteiger partial charge in [0.1, 0.15) is 6.54 Å². The van der Waals surface area contributed by atoms with E-state index in [0.29, 0.717) is 12.5 Å². The maximum absolute atomic E-state index is 12.2. The second-order valence-corrected chi connectivity index (χ2v) is 8.37. The van der Waals surface area contributed by atoms with Gasteiger partial charge in [-0.25, -0.2) is 0 Å². The predicted octanol–water partition coefficient (Wildman–Crippen LogP) is 2.31. The molecule has 2 saturated carbocycles. The van der Waals surface area contributed by atoms with Gasteiger partial charge in [0.05, 0.1) is 13.1 Å². The summed E-state index contributed by atoms with van der Waals surface area (Å²) in [6.07, 6.45) is 8.96. The Kier molecular flexibility index (Phi) is 4.88. The molecule has 3 atom stereocenters. The summed E-state index contributed by atoms with van der Waals surface area (Å²) in [6, 6.07) is 8.84. The lowest BCUT2D eigenvalue weighted by Gasteiger charge is -2.20. The number of carbonyl (C=O) groups is 1. The average molecular weight is 327 g/mol. The highest BCUT2D eigenvalue weighted by Gasteiger charge is 2.39. The van der Waals surface area contributed by atoms with E-state index in [-0.39, 0.29) is 5.91 Å². The van der Waals surface area contributed by atoms with Crippen LogP contribution in [0.15, 0.2) is 24.3 Å². The van der Waals surface area contributed by atoms with Crippen molar-refractivity contribution in [3.05, 3.63) is 35.4 Å². The molecular weight excluding hydrogens is 296 g/mol. The van der Waals surface area contributed by atoms with Gasteiger partial charge >= 0.3 is 0 Å². The molecule has 1 saturated heterocycles. The van der Waals surface area contributed by atoms with Crippen LogP contribution in [-0.2, 0) is 17.9 Å². The largest absolute Gasteiger partial charge is 0.352 e. The topological polar surface area (TPSA) is 33.5 Å². The van der Waals surface area contributed by atoms with Crippen molar-refractivity contribution in [2.45, 2.75) is 58.0 Å². The number of rotatable bonds is 6. The summed E-state index contributed by atoms with van der Waals surface area (Å²) in [5.74, 6) is 2.68. The van der Waals surface area contributed by atoms with Crippen molar-refractivity contribution in [3.8, 4) is 0 Å². The molecule has 4 rings (SSSR count). The second-order valence-electron chi connectivity index (χ2n) is 8.37. The van der Waals surface area contributed by atoms with E-state index in [1.165, 1.54) is 62.7 Å². The van der Waals surface area contributed by atoms with Crippen molar-refractivity contribution in [3.63, 3.8) is 0 Å². The molecule has 2 bridgehead atoms. The Labute approximate surface area is 145 Å². The van der Waals surface area contributed by atoms with Crippen LogP contribution in [0.2, 0.25) is 0 Å². The molecular formula is C21H31N2O+. The summed E-state index contributed by atoms with van der Waals surface area (Å²) in [7, 11) is 0. The van der Waals surface area contributed by atoms with Crippen molar-refractivity contribution in [2.75, 3.05) is 13.1 Å². The molecule has 1 aromatic rings. The van der Waals surface area contributed by atoms with Crippen LogP contribution < -0.4 is 10.2 Å². The fourth-order valence-electron chi connectivity index (χ4n) is 5.25. The van der Waals surface area contributed by atoms with Crippen molar-refractivity contribution in [1.82, 2.24) is 5.32 Å². The van der Waals surface area contributed by atoms with Gasteiger partial charge in [-0.3, -0.25) is 4.79 Å². The fourth-order valence-corrected chi connectivity index (χ4v) is 5.25.